The van der Waals surface area contributed by atoms with E-state index in [2.05, 4.69) is 39.5 Å². The van der Waals surface area contributed by atoms with Gasteiger partial charge in [0, 0.05) is 43.6 Å². The summed E-state index contributed by atoms with van der Waals surface area (Å²) in [4.78, 5) is 19.6. The highest BCUT2D eigenvalue weighted by Crippen LogP contribution is 2.40. The Bertz CT molecular complexity index is 719. The number of rotatable bonds is 5. The van der Waals surface area contributed by atoms with Gasteiger partial charge in [-0.3, -0.25) is 14.7 Å². The molecule has 2 aliphatic rings. The molecular weight excluding hydrogens is 344 g/mol. The van der Waals surface area contributed by atoms with E-state index >= 15 is 0 Å². The van der Waals surface area contributed by atoms with Gasteiger partial charge in [-0.05, 0) is 44.7 Å². The molecule has 1 aliphatic carbocycles. The fourth-order valence-corrected chi connectivity index (χ4v) is 4.31. The van der Waals surface area contributed by atoms with Crippen LogP contribution in [0.15, 0.2) is 36.9 Å². The second-order valence-electron chi connectivity index (χ2n) is 7.49. The zero-order valence-electron chi connectivity index (χ0n) is 15.9. The van der Waals surface area contributed by atoms with Crippen LogP contribution in [-0.2, 0) is 11.3 Å². The van der Waals surface area contributed by atoms with Crippen LogP contribution in [0, 0.1) is 11.8 Å². The number of nitrogens with zero attached hydrogens (tertiary/aromatic N) is 4. The molecule has 27 heavy (non-hydrogen) atoms. The van der Waals surface area contributed by atoms with Gasteiger partial charge in [-0.2, -0.15) is 0 Å². The summed E-state index contributed by atoms with van der Waals surface area (Å²) in [5.74, 6) is 3.47. The summed E-state index contributed by atoms with van der Waals surface area (Å²) in [6.45, 7) is 7.39. The summed E-state index contributed by atoms with van der Waals surface area (Å²) in [6.07, 6.45) is 10.4. The maximum atomic E-state index is 8.36. The zero-order valence-corrected chi connectivity index (χ0v) is 15.9. The number of fused-ring (bicyclic) bond motifs is 1. The topological polar surface area (TPSA) is 80.5 Å². The van der Waals surface area contributed by atoms with Crippen molar-refractivity contribution in [2.24, 2.45) is 11.8 Å². The largest absolute Gasteiger partial charge is 0.488 e. The molecule has 0 radical (unpaired) electrons. The highest BCUT2D eigenvalue weighted by atomic mass is 16.5. The average molecular weight is 372 g/mol. The first kappa shape index (κ1) is 19.4. The van der Waals surface area contributed by atoms with E-state index in [-0.39, 0.29) is 6.47 Å². The molecule has 146 valence electrons. The Morgan fingerprint density at radius 3 is 2.85 bits per heavy atom. The van der Waals surface area contributed by atoms with E-state index < -0.39 is 0 Å². The first-order valence-electron chi connectivity index (χ1n) is 9.51. The predicted molar refractivity (Wildman–Crippen MR) is 101 cm³/mol. The number of carbonyl (C=O) groups is 1. The molecule has 0 bridgehead atoms. The van der Waals surface area contributed by atoms with Gasteiger partial charge in [0.05, 0.1) is 12.7 Å². The third-order valence-electron chi connectivity index (χ3n) is 5.46. The van der Waals surface area contributed by atoms with Crippen molar-refractivity contribution in [3.05, 3.63) is 42.7 Å². The van der Waals surface area contributed by atoms with Crippen LogP contribution in [0.1, 0.15) is 38.6 Å². The maximum absolute atomic E-state index is 8.36. The molecule has 2 fully saturated rings. The molecule has 3 atom stereocenters. The summed E-state index contributed by atoms with van der Waals surface area (Å²) >= 11 is 0. The van der Waals surface area contributed by atoms with Crippen LogP contribution >= 0.6 is 0 Å². The first-order valence-corrected chi connectivity index (χ1v) is 9.51. The summed E-state index contributed by atoms with van der Waals surface area (Å²) in [7, 11) is 0. The van der Waals surface area contributed by atoms with Crippen molar-refractivity contribution < 1.29 is 14.6 Å². The van der Waals surface area contributed by atoms with Gasteiger partial charge in [-0.15, -0.1) is 0 Å². The molecule has 4 rings (SSSR count). The number of carboxylic acid groups (broad SMARTS) is 1. The van der Waals surface area contributed by atoms with Crippen molar-refractivity contribution in [1.29, 1.82) is 0 Å². The van der Waals surface area contributed by atoms with E-state index in [1.807, 2.05) is 24.5 Å². The summed E-state index contributed by atoms with van der Waals surface area (Å²) in [5, 5.41) is 6.89. The van der Waals surface area contributed by atoms with Crippen molar-refractivity contribution >= 4 is 6.47 Å². The Labute approximate surface area is 160 Å². The summed E-state index contributed by atoms with van der Waals surface area (Å²) < 4.78 is 8.50. The van der Waals surface area contributed by atoms with E-state index in [0.29, 0.717) is 18.1 Å². The van der Waals surface area contributed by atoms with Gasteiger partial charge in [0.2, 0.25) is 0 Å². The normalized spacial score (nSPS) is 24.3. The number of aromatic nitrogens is 3. The van der Waals surface area contributed by atoms with E-state index in [0.717, 1.165) is 24.8 Å². The highest BCUT2D eigenvalue weighted by molar-refractivity contribution is 5.32. The molecule has 1 saturated carbocycles. The summed E-state index contributed by atoms with van der Waals surface area (Å²) in [6, 6.07) is 4.41. The van der Waals surface area contributed by atoms with E-state index in [1.54, 1.807) is 6.20 Å². The van der Waals surface area contributed by atoms with Crippen LogP contribution < -0.4 is 4.74 Å². The first-order chi connectivity index (χ1) is 13.1. The van der Waals surface area contributed by atoms with Crippen LogP contribution in [0.5, 0.6) is 5.75 Å². The Balaban J connectivity index is 0.000000659. The molecule has 1 N–H and O–H groups in total. The smallest absolute Gasteiger partial charge is 0.290 e. The minimum atomic E-state index is -0.250. The van der Waals surface area contributed by atoms with Gasteiger partial charge in [0.25, 0.3) is 6.47 Å². The molecule has 1 aliphatic heterocycles. The number of ether oxygens (including phenoxy) is 1. The third kappa shape index (κ3) is 4.66. The van der Waals surface area contributed by atoms with Crippen LogP contribution in [0.4, 0.5) is 0 Å². The van der Waals surface area contributed by atoms with Gasteiger partial charge in [0.1, 0.15) is 17.7 Å². The van der Waals surface area contributed by atoms with Crippen molar-refractivity contribution in [2.75, 3.05) is 13.1 Å². The molecule has 1 saturated heterocycles. The van der Waals surface area contributed by atoms with Gasteiger partial charge >= 0.3 is 0 Å². The van der Waals surface area contributed by atoms with Crippen molar-refractivity contribution in [3.63, 3.8) is 0 Å². The SMILES string of the molecule is CC(C)n1ccnc1CN1C[C@H]2CC[C@@H](Oc3cccnc3)[C@H]2C1.O=CO. The van der Waals surface area contributed by atoms with Crippen molar-refractivity contribution in [1.82, 2.24) is 19.4 Å². The Morgan fingerprint density at radius 1 is 1.33 bits per heavy atom. The Kier molecular flexibility index (Phi) is 6.45. The van der Waals surface area contributed by atoms with Gasteiger partial charge < -0.3 is 14.4 Å². The quantitative estimate of drug-likeness (QED) is 0.813. The number of pyridine rings is 1. The molecule has 2 aromatic rings. The molecule has 2 aromatic heterocycles. The van der Waals surface area contributed by atoms with E-state index in [4.69, 9.17) is 14.6 Å². The average Bonchev–Trinajstić information content (AvgIpc) is 3.35. The van der Waals surface area contributed by atoms with Gasteiger partial charge in [-0.1, -0.05) is 0 Å². The predicted octanol–water partition coefficient (Wildman–Crippen LogP) is 2.85. The zero-order chi connectivity index (χ0) is 19.2. The number of likely N-dealkylation sites (tertiary alicyclic amines) is 1. The van der Waals surface area contributed by atoms with Crippen molar-refractivity contribution in [3.8, 4) is 5.75 Å². The van der Waals surface area contributed by atoms with Gasteiger partial charge in [-0.25, -0.2) is 4.98 Å². The van der Waals surface area contributed by atoms with Crippen LogP contribution in [-0.4, -0.2) is 50.2 Å². The standard InChI is InChI=1S/C19H26N4O.CH2O2/c1-14(2)23-9-8-21-19(23)13-22-11-15-5-6-18(17(15)12-22)24-16-4-3-7-20-10-16;2-1-3/h3-4,7-10,14-15,17-18H,5-6,11-13H2,1-2H3;1H,(H,2,3)/t15-,17+,18-;/m1./s1. The van der Waals surface area contributed by atoms with Crippen LogP contribution in [0.3, 0.4) is 0 Å². The summed E-state index contributed by atoms with van der Waals surface area (Å²) in [5.41, 5.74) is 0. The molecule has 7 nitrogen and oxygen atoms in total. The van der Waals surface area contributed by atoms with E-state index in [1.165, 1.54) is 25.2 Å². The molecular formula is C20H28N4O3. The second kappa shape index (κ2) is 8.99. The van der Waals surface area contributed by atoms with Crippen LogP contribution in [0.25, 0.3) is 0 Å². The van der Waals surface area contributed by atoms with Crippen molar-refractivity contribution in [2.45, 2.75) is 45.4 Å². The lowest BCUT2D eigenvalue weighted by Gasteiger charge is -2.22. The fourth-order valence-electron chi connectivity index (χ4n) is 4.31. The number of hydrogen-bond acceptors (Lipinski definition) is 5. The minimum absolute atomic E-state index is 0.250. The maximum Gasteiger partial charge on any atom is 0.290 e. The second-order valence-corrected chi connectivity index (χ2v) is 7.49. The Morgan fingerprint density at radius 2 is 2.15 bits per heavy atom. The minimum Gasteiger partial charge on any atom is -0.488 e. The monoisotopic (exact) mass is 372 g/mol. The fraction of sp³-hybridized carbons (Fsp3) is 0.550. The molecule has 3 heterocycles. The lowest BCUT2D eigenvalue weighted by molar-refractivity contribution is -0.122. The van der Waals surface area contributed by atoms with Gasteiger partial charge in [0.15, 0.2) is 0 Å². The number of hydrogen-bond donors (Lipinski definition) is 1. The highest BCUT2D eigenvalue weighted by Gasteiger charge is 2.44. The molecule has 0 spiro atoms. The molecule has 0 unspecified atom stereocenters. The molecule has 7 heteroatoms. The third-order valence-corrected chi connectivity index (χ3v) is 5.46. The molecule has 0 amide bonds. The Hall–Kier alpha value is -2.41. The van der Waals surface area contributed by atoms with E-state index in [9.17, 15) is 0 Å². The lowest BCUT2D eigenvalue weighted by Crippen LogP contribution is -2.29. The van der Waals surface area contributed by atoms with Crippen LogP contribution in [0.2, 0.25) is 0 Å². The number of imidazole rings is 1. The lowest BCUT2D eigenvalue weighted by atomic mass is 9.99. The molecule has 0 aromatic carbocycles.